The van der Waals surface area contributed by atoms with Crippen LogP contribution < -0.4 is 32.8 Å². The van der Waals surface area contributed by atoms with Crippen LogP contribution in [-0.2, 0) is 32.5 Å². The molecule has 0 saturated carbocycles. The maximum absolute atomic E-state index is 5.59. The highest BCUT2D eigenvalue weighted by atomic mass is 15.1. The molecular formula is C71H72B2N4. The maximum Gasteiger partial charge on any atom is 0.252 e. The van der Waals surface area contributed by atoms with Gasteiger partial charge in [0.2, 0.25) is 0 Å². The Morgan fingerprint density at radius 1 is 0.325 bits per heavy atom. The number of aromatic nitrogens is 4. The fourth-order valence-corrected chi connectivity index (χ4v) is 15.5. The molecule has 7 aromatic carbocycles. The first-order valence-corrected chi connectivity index (χ1v) is 28.6. The number of nitrogens with zero attached hydrogens (tertiary/aromatic N) is 4. The molecule has 6 heteroatoms. The molecule has 8 heterocycles. The van der Waals surface area contributed by atoms with Crippen molar-refractivity contribution < 1.29 is 0 Å². The first-order valence-electron chi connectivity index (χ1n) is 28.6. The first-order chi connectivity index (χ1) is 36.1. The lowest BCUT2D eigenvalue weighted by Gasteiger charge is -2.45. The predicted octanol–water partition coefficient (Wildman–Crippen LogP) is 14.1. The number of hydrogen-bond donors (Lipinski definition) is 0. The number of fused-ring (bicyclic) bond motifs is 13. The minimum atomic E-state index is -0.160. The van der Waals surface area contributed by atoms with E-state index in [4.69, 9.17) is 4.98 Å². The quantitative estimate of drug-likeness (QED) is 0.151. The maximum atomic E-state index is 5.59. The third-order valence-corrected chi connectivity index (χ3v) is 18.9. The minimum Gasteiger partial charge on any atom is -0.311 e. The molecule has 0 radical (unpaired) electrons. The number of rotatable bonds is 1. The highest BCUT2D eigenvalue weighted by Gasteiger charge is 2.54. The molecule has 382 valence electrons. The summed E-state index contributed by atoms with van der Waals surface area (Å²) in [6, 6.07) is 41.6. The Labute approximate surface area is 456 Å². The normalized spacial score (nSPS) is 14.8. The Balaban J connectivity index is 1.33. The van der Waals surface area contributed by atoms with Crippen molar-refractivity contribution in [1.29, 1.82) is 0 Å². The Bertz CT molecular complexity index is 4280. The van der Waals surface area contributed by atoms with Crippen molar-refractivity contribution in [3.63, 3.8) is 0 Å². The highest BCUT2D eigenvalue weighted by molar-refractivity contribution is 7.05. The molecular weight excluding hydrogens is 930 g/mol. The van der Waals surface area contributed by atoms with E-state index >= 15 is 0 Å². The summed E-state index contributed by atoms with van der Waals surface area (Å²) in [5, 5.41) is 7.97. The van der Waals surface area contributed by atoms with E-state index in [9.17, 15) is 0 Å². The molecule has 4 nitrogen and oxygen atoms in total. The average Bonchev–Trinajstić information content (AvgIpc) is 2.78. The van der Waals surface area contributed by atoms with E-state index in [0.29, 0.717) is 0 Å². The second-order valence-corrected chi connectivity index (χ2v) is 30.0. The summed E-state index contributed by atoms with van der Waals surface area (Å²) in [7, 11) is 0. The Morgan fingerprint density at radius 3 is 0.987 bits per heavy atom. The minimum absolute atomic E-state index is 0.0685. The van der Waals surface area contributed by atoms with Crippen LogP contribution in [0.1, 0.15) is 158 Å². The molecule has 11 aromatic rings. The van der Waals surface area contributed by atoms with Gasteiger partial charge in [-0.15, -0.1) is 0 Å². The van der Waals surface area contributed by atoms with Gasteiger partial charge in [-0.3, -0.25) is 4.98 Å². The molecule has 0 spiro atoms. The van der Waals surface area contributed by atoms with Crippen LogP contribution >= 0.6 is 0 Å². The van der Waals surface area contributed by atoms with Gasteiger partial charge in [-0.1, -0.05) is 203 Å². The molecule has 4 aliphatic rings. The lowest BCUT2D eigenvalue weighted by atomic mass is 9.27. The van der Waals surface area contributed by atoms with Gasteiger partial charge in [0.25, 0.3) is 13.4 Å². The van der Waals surface area contributed by atoms with Gasteiger partial charge in [-0.05, 0) is 123 Å². The fraction of sp³-hybridized carbons (Fsp3) is 0.338. The van der Waals surface area contributed by atoms with Gasteiger partial charge >= 0.3 is 0 Å². The number of pyridine rings is 1. The monoisotopic (exact) mass is 1000 g/mol. The molecule has 0 amide bonds. The lowest BCUT2D eigenvalue weighted by Crippen LogP contribution is -2.69. The van der Waals surface area contributed by atoms with Gasteiger partial charge in [0.15, 0.2) is 0 Å². The summed E-state index contributed by atoms with van der Waals surface area (Å²) in [5.41, 5.74) is 30.5. The van der Waals surface area contributed by atoms with Crippen LogP contribution in [-0.4, -0.2) is 32.1 Å². The molecule has 0 unspecified atom stereocenters. The zero-order chi connectivity index (χ0) is 54.1. The molecule has 0 bridgehead atoms. The van der Waals surface area contributed by atoms with Crippen molar-refractivity contribution >= 4 is 112 Å². The standard InChI is InChI=1S/C71H72B2N4/c1-66(2,3)37-22-24-39-41-26-30-45(68(7,8)9)53-59(41)75(50(39)35-37)63-52(49-21-19-20-34-74-49)64-58-65-57(63)72(53)55-47(70(13,14)15)32-28-43-44-29-33-48(71(16,17)18)56(62(44)77(65)61(43)55)73(58)54-46(69(10,11)12)31-27-42-40-25-23-38(67(4,5)6)36-51(40)76(64)60(42)54/h19-36H,1-18H3. The number of hydrogen-bond acceptors (Lipinski definition) is 1. The Hall–Kier alpha value is -6.78. The summed E-state index contributed by atoms with van der Waals surface area (Å²) >= 11 is 0. The van der Waals surface area contributed by atoms with E-state index in [1.165, 1.54) is 154 Å². The Morgan fingerprint density at radius 2 is 0.662 bits per heavy atom. The molecule has 0 atom stereocenters. The van der Waals surface area contributed by atoms with Gasteiger partial charge in [-0.25, -0.2) is 0 Å². The number of benzene rings is 7. The molecule has 4 aliphatic heterocycles. The van der Waals surface area contributed by atoms with E-state index in [1.54, 1.807) is 0 Å². The molecule has 0 fully saturated rings. The van der Waals surface area contributed by atoms with Crippen LogP contribution in [0.3, 0.4) is 0 Å². The largest absolute Gasteiger partial charge is 0.311 e. The molecule has 0 N–H and O–H groups in total. The van der Waals surface area contributed by atoms with Crippen LogP contribution in [0.25, 0.3) is 93.7 Å². The van der Waals surface area contributed by atoms with Crippen molar-refractivity contribution in [2.24, 2.45) is 0 Å². The van der Waals surface area contributed by atoms with Gasteiger partial charge in [0, 0.05) is 71.8 Å². The van der Waals surface area contributed by atoms with Crippen LogP contribution in [0.4, 0.5) is 0 Å². The molecule has 4 aromatic heterocycles. The van der Waals surface area contributed by atoms with Gasteiger partial charge in [0.1, 0.15) is 0 Å². The lowest BCUT2D eigenvalue weighted by molar-refractivity contribution is 0.590. The summed E-state index contributed by atoms with van der Waals surface area (Å²) in [4.78, 5) is 5.59. The summed E-state index contributed by atoms with van der Waals surface area (Å²) in [5.74, 6) is 0. The fourth-order valence-electron chi connectivity index (χ4n) is 15.5. The molecule has 0 saturated heterocycles. The van der Waals surface area contributed by atoms with Crippen molar-refractivity contribution in [2.45, 2.75) is 157 Å². The smallest absolute Gasteiger partial charge is 0.252 e. The molecule has 77 heavy (non-hydrogen) atoms. The topological polar surface area (TPSA) is 27.7 Å². The summed E-state index contributed by atoms with van der Waals surface area (Å²) in [6.07, 6.45) is 2.04. The van der Waals surface area contributed by atoms with E-state index in [0.717, 1.165) is 5.69 Å². The van der Waals surface area contributed by atoms with E-state index in [2.05, 4.69) is 241 Å². The SMILES string of the molecule is CC(C)(C)c1ccc2c3ccc(C(C)(C)C)c4c3n(c2c1)-c1c2c3c5c(c1-c1ccccn1)-n1c6cc(C(C)(C)C)ccc6c6ccc(C(C)(C)C)c(c61)B5c1c(C(C)(C)C)ccc5c6ccc(C(C)(C)C)c(c6n-3c15)B24. The van der Waals surface area contributed by atoms with Crippen molar-refractivity contribution in [2.75, 3.05) is 0 Å². The predicted molar refractivity (Wildman–Crippen MR) is 334 cm³/mol. The average molecular weight is 1000 g/mol. The van der Waals surface area contributed by atoms with Crippen LogP contribution in [0.15, 0.2) is 109 Å². The van der Waals surface area contributed by atoms with Crippen LogP contribution in [0, 0.1) is 0 Å². The van der Waals surface area contributed by atoms with Crippen molar-refractivity contribution in [1.82, 2.24) is 18.7 Å². The second-order valence-electron chi connectivity index (χ2n) is 30.0. The first kappa shape index (κ1) is 47.4. The molecule has 0 aliphatic carbocycles. The molecule has 15 rings (SSSR count). The van der Waals surface area contributed by atoms with E-state index < -0.39 is 0 Å². The summed E-state index contributed by atoms with van der Waals surface area (Å²) < 4.78 is 8.45. The van der Waals surface area contributed by atoms with Gasteiger partial charge in [-0.2, -0.15) is 0 Å². The van der Waals surface area contributed by atoms with Gasteiger partial charge < -0.3 is 13.7 Å². The van der Waals surface area contributed by atoms with Crippen molar-refractivity contribution in [3.05, 3.63) is 143 Å². The Kier molecular flexibility index (Phi) is 8.79. The third-order valence-electron chi connectivity index (χ3n) is 18.9. The van der Waals surface area contributed by atoms with E-state index in [1.807, 2.05) is 6.20 Å². The van der Waals surface area contributed by atoms with Crippen LogP contribution in [0.2, 0.25) is 0 Å². The third kappa shape index (κ3) is 5.85. The zero-order valence-corrected chi connectivity index (χ0v) is 48.8. The zero-order valence-electron chi connectivity index (χ0n) is 48.8. The van der Waals surface area contributed by atoms with Crippen LogP contribution in [0.5, 0.6) is 0 Å². The van der Waals surface area contributed by atoms with Gasteiger partial charge in [0.05, 0.1) is 28.1 Å². The van der Waals surface area contributed by atoms with Crippen molar-refractivity contribution in [3.8, 4) is 28.3 Å². The second kappa shape index (κ2) is 14.3. The highest BCUT2D eigenvalue weighted by Crippen LogP contribution is 2.51. The van der Waals surface area contributed by atoms with E-state index in [-0.39, 0.29) is 45.9 Å². The summed E-state index contributed by atoms with van der Waals surface area (Å²) in [6.45, 7) is 43.4.